The van der Waals surface area contributed by atoms with Gasteiger partial charge in [-0.15, -0.1) is 11.3 Å². The second-order valence-corrected chi connectivity index (χ2v) is 9.02. The summed E-state index contributed by atoms with van der Waals surface area (Å²) in [5.41, 5.74) is -0.263. The number of aliphatic carboxylic acids is 1. The highest BCUT2D eigenvalue weighted by Gasteiger charge is 2.42. The van der Waals surface area contributed by atoms with E-state index in [1.165, 1.54) is 15.6 Å². The standard InChI is InChI=1S/C13H19NO4S2/c1-9-7-10(2)19-11(9)20(17,18)14-6-4-5-13(3,8-14)12(15)16/h7H,4-6,8H2,1-3H3,(H,15,16). The van der Waals surface area contributed by atoms with Crippen molar-refractivity contribution in [3.63, 3.8) is 0 Å². The Morgan fingerprint density at radius 3 is 2.60 bits per heavy atom. The molecule has 0 aliphatic carbocycles. The summed E-state index contributed by atoms with van der Waals surface area (Å²) in [5.74, 6) is -0.934. The molecule has 1 atom stereocenters. The lowest BCUT2D eigenvalue weighted by Crippen LogP contribution is -2.48. The summed E-state index contributed by atoms with van der Waals surface area (Å²) in [5, 5.41) is 9.29. The molecule has 20 heavy (non-hydrogen) atoms. The molecular weight excluding hydrogens is 298 g/mol. The zero-order chi connectivity index (χ0) is 15.1. The van der Waals surface area contributed by atoms with Gasteiger partial charge in [-0.1, -0.05) is 0 Å². The van der Waals surface area contributed by atoms with Gasteiger partial charge in [0.15, 0.2) is 0 Å². The smallest absolute Gasteiger partial charge is 0.310 e. The molecular formula is C13H19NO4S2. The number of rotatable bonds is 3. The summed E-state index contributed by atoms with van der Waals surface area (Å²) in [6.45, 7) is 5.69. The Bertz CT molecular complexity index is 635. The predicted octanol–water partition coefficient (Wildman–Crippen LogP) is 2.24. The van der Waals surface area contributed by atoms with Crippen LogP contribution in [0.25, 0.3) is 0 Å². The van der Waals surface area contributed by atoms with Crippen LogP contribution in [-0.2, 0) is 14.8 Å². The van der Waals surface area contributed by atoms with E-state index in [0.717, 1.165) is 10.4 Å². The van der Waals surface area contributed by atoms with E-state index in [4.69, 9.17) is 0 Å². The van der Waals surface area contributed by atoms with Gasteiger partial charge < -0.3 is 5.11 Å². The van der Waals surface area contributed by atoms with Gasteiger partial charge >= 0.3 is 5.97 Å². The van der Waals surface area contributed by atoms with Crippen molar-refractivity contribution in [1.82, 2.24) is 4.31 Å². The zero-order valence-corrected chi connectivity index (χ0v) is 13.5. The van der Waals surface area contributed by atoms with Crippen molar-refractivity contribution >= 4 is 27.3 Å². The Labute approximate surface area is 123 Å². The molecule has 0 saturated carbocycles. The average Bonchev–Trinajstić information content (AvgIpc) is 2.69. The maximum absolute atomic E-state index is 12.7. The Morgan fingerprint density at radius 1 is 1.45 bits per heavy atom. The summed E-state index contributed by atoms with van der Waals surface area (Å²) < 4.78 is 27.0. The molecule has 1 saturated heterocycles. The number of carboxylic acids is 1. The molecule has 0 bridgehead atoms. The van der Waals surface area contributed by atoms with Crippen LogP contribution >= 0.6 is 11.3 Å². The number of carboxylic acid groups (broad SMARTS) is 1. The fourth-order valence-corrected chi connectivity index (χ4v) is 5.97. The average molecular weight is 317 g/mol. The molecule has 1 N–H and O–H groups in total. The number of aryl methyl sites for hydroxylation is 2. The van der Waals surface area contributed by atoms with E-state index in [-0.39, 0.29) is 6.54 Å². The third-order valence-corrected chi connectivity index (χ3v) is 7.36. The monoisotopic (exact) mass is 317 g/mol. The third-order valence-electron chi connectivity index (χ3n) is 3.75. The van der Waals surface area contributed by atoms with E-state index in [1.54, 1.807) is 13.8 Å². The first kappa shape index (κ1) is 15.5. The highest BCUT2D eigenvalue weighted by molar-refractivity contribution is 7.91. The normalized spacial score (nSPS) is 24.8. The van der Waals surface area contributed by atoms with Crippen molar-refractivity contribution in [2.75, 3.05) is 13.1 Å². The molecule has 2 rings (SSSR count). The van der Waals surface area contributed by atoms with Crippen LogP contribution < -0.4 is 0 Å². The maximum Gasteiger partial charge on any atom is 0.310 e. The van der Waals surface area contributed by atoms with Crippen LogP contribution in [-0.4, -0.2) is 36.9 Å². The van der Waals surface area contributed by atoms with Crippen molar-refractivity contribution in [2.24, 2.45) is 5.41 Å². The number of carbonyl (C=O) groups is 1. The second kappa shape index (κ2) is 5.13. The zero-order valence-electron chi connectivity index (χ0n) is 11.8. The van der Waals surface area contributed by atoms with Crippen LogP contribution in [0.4, 0.5) is 0 Å². The van der Waals surface area contributed by atoms with Gasteiger partial charge in [-0.3, -0.25) is 4.79 Å². The van der Waals surface area contributed by atoms with Crippen molar-refractivity contribution in [2.45, 2.75) is 37.8 Å². The number of piperidine rings is 1. The highest BCUT2D eigenvalue weighted by Crippen LogP contribution is 2.35. The van der Waals surface area contributed by atoms with Crippen LogP contribution in [0.2, 0.25) is 0 Å². The number of thiophene rings is 1. The van der Waals surface area contributed by atoms with Gasteiger partial charge in [-0.25, -0.2) is 8.42 Å². The predicted molar refractivity (Wildman–Crippen MR) is 77.5 cm³/mol. The van der Waals surface area contributed by atoms with Crippen molar-refractivity contribution in [3.8, 4) is 0 Å². The van der Waals surface area contributed by atoms with Gasteiger partial charge in [0.2, 0.25) is 0 Å². The number of hydrogen-bond acceptors (Lipinski definition) is 4. The number of hydrogen-bond donors (Lipinski definition) is 1. The van der Waals surface area contributed by atoms with Crippen LogP contribution in [0.3, 0.4) is 0 Å². The highest BCUT2D eigenvalue weighted by atomic mass is 32.2. The van der Waals surface area contributed by atoms with Crippen LogP contribution in [0.5, 0.6) is 0 Å². The first-order valence-electron chi connectivity index (χ1n) is 6.47. The van der Waals surface area contributed by atoms with E-state index < -0.39 is 21.4 Å². The largest absolute Gasteiger partial charge is 0.481 e. The lowest BCUT2D eigenvalue weighted by atomic mass is 9.83. The van der Waals surface area contributed by atoms with Crippen LogP contribution in [0, 0.1) is 19.3 Å². The maximum atomic E-state index is 12.7. The van der Waals surface area contributed by atoms with Crippen molar-refractivity contribution in [1.29, 1.82) is 0 Å². The van der Waals surface area contributed by atoms with Crippen LogP contribution in [0.15, 0.2) is 10.3 Å². The van der Waals surface area contributed by atoms with Gasteiger partial charge in [0.05, 0.1) is 5.41 Å². The topological polar surface area (TPSA) is 74.7 Å². The molecule has 1 aromatic rings. The number of sulfonamides is 1. The Kier molecular flexibility index (Phi) is 3.96. The molecule has 2 heterocycles. The molecule has 0 amide bonds. The third kappa shape index (κ3) is 2.62. The van der Waals surface area contributed by atoms with E-state index in [9.17, 15) is 18.3 Å². The Hall–Kier alpha value is -0.920. The molecule has 5 nitrogen and oxygen atoms in total. The first-order chi connectivity index (χ1) is 9.17. The van der Waals surface area contributed by atoms with Crippen molar-refractivity contribution < 1.29 is 18.3 Å². The first-order valence-corrected chi connectivity index (χ1v) is 8.73. The molecule has 7 heteroatoms. The summed E-state index contributed by atoms with van der Waals surface area (Å²) in [7, 11) is -3.59. The van der Waals surface area contributed by atoms with Gasteiger partial charge in [0.25, 0.3) is 10.0 Å². The van der Waals surface area contributed by atoms with Gasteiger partial charge in [-0.2, -0.15) is 4.31 Å². The minimum absolute atomic E-state index is 0.0427. The molecule has 112 valence electrons. The lowest BCUT2D eigenvalue weighted by Gasteiger charge is -2.36. The summed E-state index contributed by atoms with van der Waals surface area (Å²) in [6.07, 6.45) is 1.09. The Balaban J connectivity index is 2.35. The fraction of sp³-hybridized carbons (Fsp3) is 0.615. The van der Waals surface area contributed by atoms with E-state index in [1.807, 2.05) is 13.0 Å². The molecule has 1 fully saturated rings. The fourth-order valence-electron chi connectivity index (χ4n) is 2.57. The van der Waals surface area contributed by atoms with E-state index >= 15 is 0 Å². The minimum Gasteiger partial charge on any atom is -0.481 e. The summed E-state index contributed by atoms with van der Waals surface area (Å²) in [6, 6.07) is 1.85. The second-order valence-electron chi connectivity index (χ2n) is 5.64. The lowest BCUT2D eigenvalue weighted by molar-refractivity contribution is -0.150. The molecule has 1 aromatic heterocycles. The molecule has 1 aliphatic rings. The van der Waals surface area contributed by atoms with Gasteiger partial charge in [0.1, 0.15) is 4.21 Å². The van der Waals surface area contributed by atoms with Crippen molar-refractivity contribution in [3.05, 3.63) is 16.5 Å². The summed E-state index contributed by atoms with van der Waals surface area (Å²) >= 11 is 1.25. The summed E-state index contributed by atoms with van der Waals surface area (Å²) in [4.78, 5) is 12.3. The van der Waals surface area contributed by atoms with E-state index in [2.05, 4.69) is 0 Å². The van der Waals surface area contributed by atoms with E-state index in [0.29, 0.717) is 23.6 Å². The van der Waals surface area contributed by atoms with Gasteiger partial charge in [0, 0.05) is 18.0 Å². The van der Waals surface area contributed by atoms with Gasteiger partial charge in [-0.05, 0) is 45.2 Å². The SMILES string of the molecule is Cc1cc(C)c(S(=O)(=O)N2CCCC(C)(C(=O)O)C2)s1. The molecule has 1 aliphatic heterocycles. The minimum atomic E-state index is -3.59. The quantitative estimate of drug-likeness (QED) is 0.928. The Morgan fingerprint density at radius 2 is 2.10 bits per heavy atom. The number of nitrogens with zero attached hydrogens (tertiary/aromatic N) is 1. The molecule has 0 spiro atoms. The molecule has 0 aromatic carbocycles. The van der Waals surface area contributed by atoms with Crippen LogP contribution in [0.1, 0.15) is 30.2 Å². The molecule has 1 unspecified atom stereocenters. The molecule has 0 radical (unpaired) electrons.